The van der Waals surface area contributed by atoms with E-state index in [-0.39, 0.29) is 30.5 Å². The molecule has 10 heteroatoms. The monoisotopic (exact) mass is 404 g/mol. The molecule has 0 unspecified atom stereocenters. The summed E-state index contributed by atoms with van der Waals surface area (Å²) in [6, 6.07) is 7.30. The maximum absolute atomic E-state index is 12.1. The Morgan fingerprint density at radius 1 is 1.24 bits per heavy atom. The number of methoxy groups -OCH3 is 1. The lowest BCUT2D eigenvalue weighted by molar-refractivity contribution is 0.0191. The van der Waals surface area contributed by atoms with Crippen molar-refractivity contribution in [3.8, 4) is 5.75 Å². The van der Waals surface area contributed by atoms with Crippen LogP contribution in [0.1, 0.15) is 5.56 Å². The van der Waals surface area contributed by atoms with E-state index in [1.807, 2.05) is 24.3 Å². The van der Waals surface area contributed by atoms with Crippen molar-refractivity contribution in [3.63, 3.8) is 0 Å². The number of anilines is 2. The average Bonchev–Trinajstić information content (AvgIpc) is 3.07. The van der Waals surface area contributed by atoms with Crippen LogP contribution in [0.5, 0.6) is 5.75 Å². The molecule has 10 nitrogen and oxygen atoms in total. The van der Waals surface area contributed by atoms with Gasteiger partial charge in [0.15, 0.2) is 0 Å². The SMILES string of the molecule is COc1ccc(C[C@H]2NC[C@H](O)[C@H]2OC(=O)NCCNc2c(N)c(=O)c2=O)cc1. The van der Waals surface area contributed by atoms with E-state index in [4.69, 9.17) is 15.2 Å². The van der Waals surface area contributed by atoms with Gasteiger partial charge in [0.25, 0.3) is 10.9 Å². The van der Waals surface area contributed by atoms with Crippen LogP contribution in [0.15, 0.2) is 33.9 Å². The van der Waals surface area contributed by atoms with Crippen molar-refractivity contribution in [1.29, 1.82) is 0 Å². The number of β-amino-alcohol motifs (C(OH)–C–C–N with tert-alkyl or cyclic N) is 1. The van der Waals surface area contributed by atoms with E-state index >= 15 is 0 Å². The zero-order valence-corrected chi connectivity index (χ0v) is 15.9. The van der Waals surface area contributed by atoms with Gasteiger partial charge in [0, 0.05) is 19.6 Å². The van der Waals surface area contributed by atoms with Crippen LogP contribution in [-0.4, -0.2) is 56.2 Å². The van der Waals surface area contributed by atoms with Crippen LogP contribution in [-0.2, 0) is 11.2 Å². The first-order valence-corrected chi connectivity index (χ1v) is 9.22. The average molecular weight is 404 g/mol. The van der Waals surface area contributed by atoms with Gasteiger partial charge in [-0.25, -0.2) is 4.79 Å². The molecule has 0 saturated carbocycles. The Labute approximate surface area is 166 Å². The highest BCUT2D eigenvalue weighted by Crippen LogP contribution is 2.19. The Balaban J connectivity index is 1.46. The standard InChI is InChI=1S/C19H24N4O6/c1-28-11-4-2-10(3-5-11)8-12-18(13(24)9-23-12)29-19(27)22-7-6-21-15-14(20)16(25)17(15)26/h2-5,12-13,18,21,23-24H,6-9,20H2,1H3,(H,22,27)/t12-,13+,18+/m1/s1. The van der Waals surface area contributed by atoms with Crippen LogP contribution in [0.3, 0.4) is 0 Å². The maximum atomic E-state index is 12.1. The van der Waals surface area contributed by atoms with E-state index in [1.54, 1.807) is 7.11 Å². The molecule has 3 rings (SSSR count). The summed E-state index contributed by atoms with van der Waals surface area (Å²) in [6.45, 7) is 0.672. The summed E-state index contributed by atoms with van der Waals surface area (Å²) >= 11 is 0. The molecule has 0 radical (unpaired) electrons. The second-order valence-corrected chi connectivity index (χ2v) is 6.80. The predicted molar refractivity (Wildman–Crippen MR) is 107 cm³/mol. The third-order valence-corrected chi connectivity index (χ3v) is 4.87. The number of aliphatic hydroxyl groups excluding tert-OH is 1. The van der Waals surface area contributed by atoms with Crippen molar-refractivity contribution in [1.82, 2.24) is 10.6 Å². The highest BCUT2D eigenvalue weighted by molar-refractivity contribution is 5.71. The molecule has 0 aliphatic carbocycles. The van der Waals surface area contributed by atoms with Gasteiger partial charge in [-0.05, 0) is 24.1 Å². The molecular weight excluding hydrogens is 380 g/mol. The van der Waals surface area contributed by atoms with Crippen molar-refractivity contribution >= 4 is 17.5 Å². The highest BCUT2D eigenvalue weighted by Gasteiger charge is 2.37. The fraction of sp³-hybridized carbons (Fsp3) is 0.421. The molecule has 6 N–H and O–H groups in total. The molecule has 0 bridgehead atoms. The Kier molecular flexibility index (Phi) is 6.35. The number of carbonyl (C=O) groups excluding carboxylic acids is 1. The van der Waals surface area contributed by atoms with Gasteiger partial charge in [0.2, 0.25) is 0 Å². The molecule has 156 valence electrons. The second kappa shape index (κ2) is 8.93. The maximum Gasteiger partial charge on any atom is 0.407 e. The van der Waals surface area contributed by atoms with Crippen LogP contribution >= 0.6 is 0 Å². The number of rotatable bonds is 8. The summed E-state index contributed by atoms with van der Waals surface area (Å²) in [5, 5.41) is 18.5. The van der Waals surface area contributed by atoms with Gasteiger partial charge in [-0.1, -0.05) is 12.1 Å². The van der Waals surface area contributed by atoms with E-state index in [2.05, 4.69) is 16.0 Å². The molecule has 1 heterocycles. The lowest BCUT2D eigenvalue weighted by Crippen LogP contribution is -2.42. The molecule has 1 aliphatic rings. The molecule has 0 aromatic heterocycles. The fourth-order valence-electron chi connectivity index (χ4n) is 3.24. The number of alkyl carbamates (subject to hydrolysis) is 1. The number of carbonyl (C=O) groups is 1. The van der Waals surface area contributed by atoms with E-state index in [0.29, 0.717) is 13.0 Å². The Morgan fingerprint density at radius 2 is 1.97 bits per heavy atom. The summed E-state index contributed by atoms with van der Waals surface area (Å²) < 4.78 is 10.5. The Hall–Kier alpha value is -3.11. The van der Waals surface area contributed by atoms with Gasteiger partial charge in [-0.3, -0.25) is 9.59 Å². The van der Waals surface area contributed by atoms with Crippen molar-refractivity contribution in [2.24, 2.45) is 0 Å². The number of benzene rings is 1. The summed E-state index contributed by atoms with van der Waals surface area (Å²) in [5.74, 6) is 0.749. The van der Waals surface area contributed by atoms with E-state index in [9.17, 15) is 19.5 Å². The molecule has 29 heavy (non-hydrogen) atoms. The molecule has 1 amide bonds. The first-order chi connectivity index (χ1) is 13.9. The van der Waals surface area contributed by atoms with Gasteiger partial charge in [0.1, 0.15) is 29.3 Å². The number of nitrogen functional groups attached to an aromatic ring is 1. The number of nitrogens with two attached hydrogens (primary N) is 1. The minimum Gasteiger partial charge on any atom is -0.497 e. The largest absolute Gasteiger partial charge is 0.497 e. The van der Waals surface area contributed by atoms with Gasteiger partial charge < -0.3 is 36.3 Å². The number of nitrogens with one attached hydrogen (secondary N) is 3. The van der Waals surface area contributed by atoms with Crippen molar-refractivity contribution < 1.29 is 19.4 Å². The number of hydrogen-bond acceptors (Lipinski definition) is 9. The number of ether oxygens (including phenoxy) is 2. The fourth-order valence-corrected chi connectivity index (χ4v) is 3.24. The van der Waals surface area contributed by atoms with Crippen LogP contribution in [0, 0.1) is 0 Å². The first-order valence-electron chi connectivity index (χ1n) is 9.22. The van der Waals surface area contributed by atoms with Gasteiger partial charge in [0.05, 0.1) is 13.2 Å². The molecule has 1 fully saturated rings. The Bertz CT molecular complexity index is 922. The summed E-state index contributed by atoms with van der Waals surface area (Å²) in [4.78, 5) is 34.4. The lowest BCUT2D eigenvalue weighted by atomic mass is 10.0. The lowest BCUT2D eigenvalue weighted by Gasteiger charge is -2.22. The second-order valence-electron chi connectivity index (χ2n) is 6.80. The van der Waals surface area contributed by atoms with Gasteiger partial charge in [-0.2, -0.15) is 0 Å². The third kappa shape index (κ3) is 4.66. The minimum absolute atomic E-state index is 0.0696. The van der Waals surface area contributed by atoms with E-state index in [0.717, 1.165) is 11.3 Å². The number of hydrogen-bond donors (Lipinski definition) is 5. The Morgan fingerprint density at radius 3 is 2.62 bits per heavy atom. The summed E-state index contributed by atoms with van der Waals surface area (Å²) in [5.41, 5.74) is 5.03. The third-order valence-electron chi connectivity index (χ3n) is 4.87. The van der Waals surface area contributed by atoms with E-state index in [1.165, 1.54) is 0 Å². The van der Waals surface area contributed by atoms with Crippen LogP contribution < -0.4 is 37.3 Å². The van der Waals surface area contributed by atoms with E-state index < -0.39 is 29.2 Å². The molecule has 3 atom stereocenters. The molecular formula is C19H24N4O6. The normalized spacial score (nSPS) is 21.1. The quantitative estimate of drug-likeness (QED) is 0.274. The van der Waals surface area contributed by atoms with Crippen LogP contribution in [0.4, 0.5) is 16.2 Å². The molecule has 1 aliphatic heterocycles. The van der Waals surface area contributed by atoms with Crippen LogP contribution in [0.25, 0.3) is 0 Å². The van der Waals surface area contributed by atoms with Crippen molar-refractivity contribution in [2.45, 2.75) is 24.7 Å². The predicted octanol–water partition coefficient (Wildman–Crippen LogP) is -1.04. The minimum atomic E-state index is -0.814. The molecule has 2 aromatic rings. The zero-order valence-electron chi connectivity index (χ0n) is 15.9. The number of aliphatic hydroxyl groups is 1. The molecule has 1 saturated heterocycles. The highest BCUT2D eigenvalue weighted by atomic mass is 16.6. The van der Waals surface area contributed by atoms with Gasteiger partial charge in [-0.15, -0.1) is 0 Å². The van der Waals surface area contributed by atoms with Crippen molar-refractivity contribution in [2.75, 3.05) is 37.8 Å². The topological polar surface area (TPSA) is 152 Å². The first kappa shape index (κ1) is 20.6. The molecule has 2 aromatic carbocycles. The van der Waals surface area contributed by atoms with Gasteiger partial charge >= 0.3 is 6.09 Å². The number of amides is 1. The van der Waals surface area contributed by atoms with Crippen LogP contribution in [0.2, 0.25) is 0 Å². The summed E-state index contributed by atoms with van der Waals surface area (Å²) in [6.07, 6.45) is -1.62. The zero-order chi connectivity index (χ0) is 21.0. The summed E-state index contributed by atoms with van der Waals surface area (Å²) in [7, 11) is 1.59. The van der Waals surface area contributed by atoms with Crippen molar-refractivity contribution in [3.05, 3.63) is 50.3 Å². The smallest absolute Gasteiger partial charge is 0.407 e. The molecule has 0 spiro atoms.